The van der Waals surface area contributed by atoms with Crippen LogP contribution in [0.5, 0.6) is 0 Å². The van der Waals surface area contributed by atoms with Crippen molar-refractivity contribution in [3.8, 4) is 5.69 Å². The molecular formula is C20H27N3. The summed E-state index contributed by atoms with van der Waals surface area (Å²) in [6.07, 6.45) is 0. The van der Waals surface area contributed by atoms with E-state index in [0.29, 0.717) is 0 Å². The standard InChI is InChI=1S/C20H27N3/c1-15-5-7-19(8-6-15)23-17(3)13-20(18(23)4)16(2)14-22-11-9-21-10-12-22/h5-8,13,21H,2,9-12,14H2,1,3-4H3. The Morgan fingerprint density at radius 3 is 2.39 bits per heavy atom. The second kappa shape index (κ2) is 6.73. The summed E-state index contributed by atoms with van der Waals surface area (Å²) < 4.78 is 2.33. The van der Waals surface area contributed by atoms with E-state index < -0.39 is 0 Å². The summed E-state index contributed by atoms with van der Waals surface area (Å²) in [5.74, 6) is 0. The third kappa shape index (κ3) is 3.41. The maximum atomic E-state index is 4.37. The third-order valence-corrected chi connectivity index (χ3v) is 4.73. The summed E-state index contributed by atoms with van der Waals surface area (Å²) in [4.78, 5) is 2.48. The fourth-order valence-corrected chi connectivity index (χ4v) is 3.44. The molecule has 0 aliphatic carbocycles. The van der Waals surface area contributed by atoms with Gasteiger partial charge in [-0.25, -0.2) is 0 Å². The van der Waals surface area contributed by atoms with Crippen molar-refractivity contribution in [1.82, 2.24) is 14.8 Å². The Morgan fingerprint density at radius 1 is 1.09 bits per heavy atom. The number of aromatic nitrogens is 1. The lowest BCUT2D eigenvalue weighted by molar-refractivity contribution is 0.268. The van der Waals surface area contributed by atoms with E-state index in [0.717, 1.165) is 32.7 Å². The van der Waals surface area contributed by atoms with Crippen LogP contribution in [0.4, 0.5) is 0 Å². The van der Waals surface area contributed by atoms with Crippen molar-refractivity contribution in [1.29, 1.82) is 0 Å². The summed E-state index contributed by atoms with van der Waals surface area (Å²) in [7, 11) is 0. The maximum Gasteiger partial charge on any atom is 0.0455 e. The molecule has 3 nitrogen and oxygen atoms in total. The Kier molecular flexibility index (Phi) is 4.69. The molecule has 3 rings (SSSR count). The molecule has 0 spiro atoms. The van der Waals surface area contributed by atoms with Gasteiger partial charge >= 0.3 is 0 Å². The first-order chi connectivity index (χ1) is 11.1. The van der Waals surface area contributed by atoms with Gasteiger partial charge in [0.15, 0.2) is 0 Å². The molecule has 0 radical (unpaired) electrons. The normalized spacial score (nSPS) is 15.8. The van der Waals surface area contributed by atoms with Gasteiger partial charge in [-0.3, -0.25) is 4.90 Å². The van der Waals surface area contributed by atoms with Crippen molar-refractivity contribution in [2.45, 2.75) is 20.8 Å². The maximum absolute atomic E-state index is 4.37. The highest BCUT2D eigenvalue weighted by Crippen LogP contribution is 2.26. The Balaban J connectivity index is 1.85. The molecule has 0 unspecified atom stereocenters. The molecule has 1 aliphatic rings. The van der Waals surface area contributed by atoms with Crippen LogP contribution in [0.3, 0.4) is 0 Å². The average molecular weight is 309 g/mol. The zero-order chi connectivity index (χ0) is 16.4. The van der Waals surface area contributed by atoms with Gasteiger partial charge in [-0.15, -0.1) is 0 Å². The molecule has 122 valence electrons. The number of nitrogens with one attached hydrogen (secondary N) is 1. The number of benzene rings is 1. The third-order valence-electron chi connectivity index (χ3n) is 4.73. The van der Waals surface area contributed by atoms with E-state index in [1.807, 2.05) is 0 Å². The van der Waals surface area contributed by atoms with Gasteiger partial charge in [-0.2, -0.15) is 0 Å². The molecule has 0 amide bonds. The van der Waals surface area contributed by atoms with Crippen molar-refractivity contribution in [3.63, 3.8) is 0 Å². The number of aryl methyl sites for hydroxylation is 2. The van der Waals surface area contributed by atoms with Crippen LogP contribution in [-0.2, 0) is 0 Å². The minimum absolute atomic E-state index is 0.958. The van der Waals surface area contributed by atoms with Gasteiger partial charge in [0.25, 0.3) is 0 Å². The summed E-state index contributed by atoms with van der Waals surface area (Å²) in [5.41, 5.74) is 7.58. The summed E-state index contributed by atoms with van der Waals surface area (Å²) >= 11 is 0. The van der Waals surface area contributed by atoms with Gasteiger partial charge in [-0.1, -0.05) is 24.3 Å². The van der Waals surface area contributed by atoms with Crippen LogP contribution in [0, 0.1) is 20.8 Å². The van der Waals surface area contributed by atoms with Crippen molar-refractivity contribution < 1.29 is 0 Å². The Labute approximate surface area is 139 Å². The Bertz CT molecular complexity index is 688. The number of hydrogen-bond donors (Lipinski definition) is 1. The zero-order valence-corrected chi connectivity index (χ0v) is 14.5. The van der Waals surface area contributed by atoms with Gasteiger partial charge in [-0.05, 0) is 50.1 Å². The second-order valence-electron chi connectivity index (χ2n) is 6.59. The molecule has 2 aromatic rings. The van der Waals surface area contributed by atoms with Crippen LogP contribution in [0.25, 0.3) is 11.3 Å². The highest BCUT2D eigenvalue weighted by molar-refractivity contribution is 5.68. The fourth-order valence-electron chi connectivity index (χ4n) is 3.44. The van der Waals surface area contributed by atoms with E-state index in [4.69, 9.17) is 0 Å². The molecule has 23 heavy (non-hydrogen) atoms. The van der Waals surface area contributed by atoms with Crippen molar-refractivity contribution in [2.75, 3.05) is 32.7 Å². The zero-order valence-electron chi connectivity index (χ0n) is 14.5. The molecule has 3 heteroatoms. The molecule has 1 fully saturated rings. The predicted molar refractivity (Wildman–Crippen MR) is 98.3 cm³/mol. The minimum Gasteiger partial charge on any atom is -0.318 e. The summed E-state index contributed by atoms with van der Waals surface area (Å²) in [5, 5.41) is 3.40. The van der Waals surface area contributed by atoms with E-state index in [-0.39, 0.29) is 0 Å². The van der Waals surface area contributed by atoms with Crippen molar-refractivity contribution in [2.24, 2.45) is 0 Å². The highest BCUT2D eigenvalue weighted by atomic mass is 15.2. The largest absolute Gasteiger partial charge is 0.318 e. The SMILES string of the molecule is C=C(CN1CCNCC1)c1cc(C)n(-c2ccc(C)cc2)c1C. The molecule has 0 saturated carbocycles. The lowest BCUT2D eigenvalue weighted by Gasteiger charge is -2.27. The number of rotatable bonds is 4. The lowest BCUT2D eigenvalue weighted by atomic mass is 10.1. The molecule has 1 N–H and O–H groups in total. The topological polar surface area (TPSA) is 20.2 Å². The monoisotopic (exact) mass is 309 g/mol. The summed E-state index contributed by atoms with van der Waals surface area (Å²) in [6, 6.07) is 11.0. The summed E-state index contributed by atoms with van der Waals surface area (Å²) in [6.45, 7) is 16.2. The fraction of sp³-hybridized carbons (Fsp3) is 0.400. The molecule has 1 saturated heterocycles. The number of piperazine rings is 1. The van der Waals surface area contributed by atoms with Crippen LogP contribution >= 0.6 is 0 Å². The van der Waals surface area contributed by atoms with Crippen LogP contribution in [-0.4, -0.2) is 42.2 Å². The number of nitrogens with zero attached hydrogens (tertiary/aromatic N) is 2. The molecule has 1 aromatic carbocycles. The van der Waals surface area contributed by atoms with Gasteiger partial charge in [0, 0.05) is 49.8 Å². The molecular weight excluding hydrogens is 282 g/mol. The van der Waals surface area contributed by atoms with Crippen LogP contribution in [0.2, 0.25) is 0 Å². The van der Waals surface area contributed by atoms with Gasteiger partial charge in [0.1, 0.15) is 0 Å². The minimum atomic E-state index is 0.958. The van der Waals surface area contributed by atoms with Crippen LogP contribution in [0.15, 0.2) is 36.9 Å². The highest BCUT2D eigenvalue weighted by Gasteiger charge is 2.16. The van der Waals surface area contributed by atoms with E-state index in [2.05, 4.69) is 72.5 Å². The first-order valence-electron chi connectivity index (χ1n) is 8.43. The molecule has 1 aromatic heterocycles. The first kappa shape index (κ1) is 16.0. The van der Waals surface area contributed by atoms with Crippen molar-refractivity contribution >= 4 is 5.57 Å². The Hall–Kier alpha value is -1.84. The van der Waals surface area contributed by atoms with Crippen LogP contribution in [0.1, 0.15) is 22.5 Å². The van der Waals surface area contributed by atoms with Crippen LogP contribution < -0.4 is 5.32 Å². The lowest BCUT2D eigenvalue weighted by Crippen LogP contribution is -2.43. The number of hydrogen-bond acceptors (Lipinski definition) is 2. The quantitative estimate of drug-likeness (QED) is 0.935. The molecule has 1 aliphatic heterocycles. The molecule has 2 heterocycles. The van der Waals surface area contributed by atoms with Gasteiger partial charge < -0.3 is 9.88 Å². The van der Waals surface area contributed by atoms with Gasteiger partial charge in [0.05, 0.1) is 0 Å². The predicted octanol–water partition coefficient (Wildman–Crippen LogP) is 3.32. The van der Waals surface area contributed by atoms with E-state index in [1.54, 1.807) is 0 Å². The van der Waals surface area contributed by atoms with Gasteiger partial charge in [0.2, 0.25) is 0 Å². The van der Waals surface area contributed by atoms with E-state index in [1.165, 1.54) is 33.8 Å². The second-order valence-corrected chi connectivity index (χ2v) is 6.59. The van der Waals surface area contributed by atoms with Crippen molar-refractivity contribution in [3.05, 3.63) is 59.4 Å². The Morgan fingerprint density at radius 2 is 1.74 bits per heavy atom. The molecule has 0 bridgehead atoms. The van der Waals surface area contributed by atoms with E-state index >= 15 is 0 Å². The first-order valence-corrected chi connectivity index (χ1v) is 8.43. The average Bonchev–Trinajstić information content (AvgIpc) is 2.84. The smallest absolute Gasteiger partial charge is 0.0455 e. The van der Waals surface area contributed by atoms with E-state index in [9.17, 15) is 0 Å². The molecule has 0 atom stereocenters.